The minimum Gasteiger partial charge on any atom is -0.442 e. The zero-order chi connectivity index (χ0) is 27.9. The molecule has 6 rings (SSSR count). The van der Waals surface area contributed by atoms with E-state index >= 15 is 4.39 Å². The van der Waals surface area contributed by atoms with Crippen LogP contribution in [0, 0.1) is 5.82 Å². The van der Waals surface area contributed by atoms with E-state index in [0.717, 1.165) is 45.5 Å². The van der Waals surface area contributed by atoms with Crippen molar-refractivity contribution in [1.82, 2.24) is 14.6 Å². The number of para-hydroxylation sites is 1. The monoisotopic (exact) mass is 562 g/mol. The lowest BCUT2D eigenvalue weighted by Gasteiger charge is -2.35. The Kier molecular flexibility index (Phi) is 7.06. The molecule has 3 heterocycles. The van der Waals surface area contributed by atoms with Gasteiger partial charge in [-0.15, -0.1) is 0 Å². The standard InChI is InChI=1S/C30H31FN4O4S/c1-20(36)33-18-24-19-35(30(37)39-24)23-10-11-26(27(31)17-23)21-12-15-34(16-13-21)40(38,25-7-3-8-25)28-9-2-5-22-6-4-14-32-29(22)28/h2,4-6,9-12,14,17,24H,3,7-8,13,15-16,18-19H2,1H3,(H,33,36)/t24-,40?/m0/s1. The number of hydrogen-bond acceptors (Lipinski definition) is 5. The van der Waals surface area contributed by atoms with Crippen molar-refractivity contribution < 1.29 is 22.9 Å². The molecule has 2 aliphatic heterocycles. The maximum Gasteiger partial charge on any atom is 0.414 e. The van der Waals surface area contributed by atoms with E-state index in [-0.39, 0.29) is 19.0 Å². The van der Waals surface area contributed by atoms with E-state index in [4.69, 9.17) is 4.74 Å². The number of amides is 2. The molecule has 1 aromatic heterocycles. The first kappa shape index (κ1) is 26.5. The molecule has 1 aliphatic carbocycles. The number of halogens is 1. The van der Waals surface area contributed by atoms with Gasteiger partial charge in [0.25, 0.3) is 0 Å². The second kappa shape index (κ2) is 10.7. The van der Waals surface area contributed by atoms with Gasteiger partial charge in [0.1, 0.15) is 11.9 Å². The van der Waals surface area contributed by atoms with E-state index in [9.17, 15) is 13.8 Å². The minimum absolute atomic E-state index is 0.207. The highest BCUT2D eigenvalue weighted by atomic mass is 32.2. The molecule has 2 aromatic carbocycles. The van der Waals surface area contributed by atoms with Crippen LogP contribution in [0.25, 0.3) is 16.5 Å². The summed E-state index contributed by atoms with van der Waals surface area (Å²) in [6, 6.07) is 14.5. The number of carbonyl (C=O) groups excluding carboxylic acids is 2. The Balaban J connectivity index is 1.24. The highest BCUT2D eigenvalue weighted by molar-refractivity contribution is 8.00. The number of benzene rings is 2. The molecule has 1 N–H and O–H groups in total. The number of ether oxygens (including phenoxy) is 1. The van der Waals surface area contributed by atoms with Gasteiger partial charge in [0.15, 0.2) is 0 Å². The molecule has 2 atom stereocenters. The number of cyclic esters (lactones) is 1. The molecule has 8 nitrogen and oxygen atoms in total. The fraction of sp³-hybridized carbons (Fsp3) is 0.333. The Morgan fingerprint density at radius 1 is 1.18 bits per heavy atom. The van der Waals surface area contributed by atoms with E-state index in [1.165, 1.54) is 17.9 Å². The fourth-order valence-corrected chi connectivity index (χ4v) is 8.66. The lowest BCUT2D eigenvalue weighted by atomic mass is 9.99. The van der Waals surface area contributed by atoms with Crippen molar-refractivity contribution in [1.29, 1.82) is 0 Å². The predicted molar refractivity (Wildman–Crippen MR) is 154 cm³/mol. The van der Waals surface area contributed by atoms with Crippen molar-refractivity contribution >= 4 is 48.7 Å². The fourth-order valence-electron chi connectivity index (χ4n) is 5.53. The number of nitrogens with zero attached hydrogens (tertiary/aromatic N) is 3. The summed E-state index contributed by atoms with van der Waals surface area (Å²) in [5.41, 5.74) is 2.50. The Morgan fingerprint density at radius 2 is 2.00 bits per heavy atom. The predicted octanol–water partition coefficient (Wildman–Crippen LogP) is 4.54. The summed E-state index contributed by atoms with van der Waals surface area (Å²) in [6.07, 6.45) is 5.91. The van der Waals surface area contributed by atoms with Gasteiger partial charge in [0, 0.05) is 42.0 Å². The van der Waals surface area contributed by atoms with Crippen LogP contribution in [0.4, 0.5) is 14.9 Å². The topological polar surface area (TPSA) is 91.8 Å². The van der Waals surface area contributed by atoms with Crippen molar-refractivity contribution in [3.63, 3.8) is 0 Å². The molecule has 0 bridgehead atoms. The summed E-state index contributed by atoms with van der Waals surface area (Å²) in [7, 11) is -2.63. The first-order valence-corrected chi connectivity index (χ1v) is 15.1. The highest BCUT2D eigenvalue weighted by Crippen LogP contribution is 2.35. The molecular weight excluding hydrogens is 531 g/mol. The van der Waals surface area contributed by atoms with Gasteiger partial charge in [-0.1, -0.05) is 24.3 Å². The Hall–Kier alpha value is -3.76. The van der Waals surface area contributed by atoms with Crippen molar-refractivity contribution in [2.45, 2.75) is 43.6 Å². The van der Waals surface area contributed by atoms with Crippen molar-refractivity contribution in [3.05, 3.63) is 72.2 Å². The van der Waals surface area contributed by atoms with Gasteiger partial charge < -0.3 is 10.1 Å². The van der Waals surface area contributed by atoms with E-state index in [1.807, 2.05) is 40.7 Å². The minimum atomic E-state index is -2.63. The smallest absolute Gasteiger partial charge is 0.414 e. The van der Waals surface area contributed by atoms with Gasteiger partial charge in [0.05, 0.1) is 38.9 Å². The van der Waals surface area contributed by atoms with Crippen LogP contribution in [0.2, 0.25) is 0 Å². The Bertz CT molecular complexity index is 1650. The van der Waals surface area contributed by atoms with Crippen LogP contribution in [-0.4, -0.2) is 62.6 Å². The average Bonchev–Trinajstić information content (AvgIpc) is 3.31. The van der Waals surface area contributed by atoms with Crippen LogP contribution in [-0.2, 0) is 19.2 Å². The number of carbonyl (C=O) groups is 2. The largest absolute Gasteiger partial charge is 0.442 e. The summed E-state index contributed by atoms with van der Waals surface area (Å²) in [5, 5.41) is 3.60. The van der Waals surface area contributed by atoms with Crippen LogP contribution in [0.3, 0.4) is 0 Å². The van der Waals surface area contributed by atoms with Gasteiger partial charge in [-0.2, -0.15) is 0 Å². The summed E-state index contributed by atoms with van der Waals surface area (Å²) in [4.78, 5) is 31.3. The number of pyridine rings is 1. The van der Waals surface area contributed by atoms with E-state index in [0.29, 0.717) is 30.8 Å². The van der Waals surface area contributed by atoms with Gasteiger partial charge in [0.2, 0.25) is 5.91 Å². The number of anilines is 1. The second-order valence-corrected chi connectivity index (χ2v) is 12.9. The first-order valence-electron chi connectivity index (χ1n) is 13.5. The molecule has 208 valence electrons. The van der Waals surface area contributed by atoms with E-state index in [2.05, 4.69) is 10.3 Å². The second-order valence-electron chi connectivity index (χ2n) is 10.3. The molecule has 1 saturated carbocycles. The third-order valence-electron chi connectivity index (χ3n) is 7.79. The zero-order valence-electron chi connectivity index (χ0n) is 22.3. The SMILES string of the molecule is CC(=O)NC[C@H]1CN(c2ccc(C3=CCN(S(=O)(=C4CCC4)c4cccc5cccnc45)CC3)c(F)c2)C(=O)O1. The van der Waals surface area contributed by atoms with Gasteiger partial charge >= 0.3 is 6.09 Å². The Labute approximate surface area is 233 Å². The zero-order valence-corrected chi connectivity index (χ0v) is 23.1. The van der Waals surface area contributed by atoms with Crippen LogP contribution >= 0.6 is 0 Å². The third-order valence-corrected chi connectivity index (χ3v) is 11.0. The molecule has 10 heteroatoms. The van der Waals surface area contributed by atoms with Crippen LogP contribution in [0.1, 0.15) is 38.2 Å². The maximum absolute atomic E-state index is 15.4. The molecule has 0 radical (unpaired) electrons. The molecule has 3 aromatic rings. The number of aromatic nitrogens is 1. The molecule has 1 unspecified atom stereocenters. The average molecular weight is 563 g/mol. The maximum atomic E-state index is 15.4. The van der Waals surface area contributed by atoms with Crippen LogP contribution in [0.15, 0.2) is 65.7 Å². The summed E-state index contributed by atoms with van der Waals surface area (Å²) in [6.45, 7) is 2.80. The number of rotatable bonds is 6. The molecule has 2 amide bonds. The van der Waals surface area contributed by atoms with Crippen molar-refractivity contribution in [2.24, 2.45) is 0 Å². The van der Waals surface area contributed by atoms with Crippen molar-refractivity contribution in [3.8, 4) is 0 Å². The molecule has 2 fully saturated rings. The van der Waals surface area contributed by atoms with Crippen molar-refractivity contribution in [2.75, 3.05) is 31.1 Å². The lowest BCUT2D eigenvalue weighted by Crippen LogP contribution is -2.40. The molecule has 0 spiro atoms. The van der Waals surface area contributed by atoms with Gasteiger partial charge in [-0.3, -0.25) is 14.7 Å². The molecule has 40 heavy (non-hydrogen) atoms. The molecule has 1 saturated heterocycles. The summed E-state index contributed by atoms with van der Waals surface area (Å²) < 4.78 is 37.6. The van der Waals surface area contributed by atoms with E-state index in [1.54, 1.807) is 18.3 Å². The molecular formula is C30H31FN4O4S. The highest BCUT2D eigenvalue weighted by Gasteiger charge is 2.34. The van der Waals surface area contributed by atoms with Crippen LogP contribution < -0.4 is 10.2 Å². The first-order chi connectivity index (χ1) is 19.3. The third kappa shape index (κ3) is 4.75. The normalized spacial score (nSPS) is 21.0. The Morgan fingerprint density at radius 3 is 2.70 bits per heavy atom. The van der Waals surface area contributed by atoms with E-state index < -0.39 is 27.7 Å². The quantitative estimate of drug-likeness (QED) is 0.446. The summed E-state index contributed by atoms with van der Waals surface area (Å²) in [5.74, 6) is -0.636. The lowest BCUT2D eigenvalue weighted by molar-refractivity contribution is -0.119. The molecule has 3 aliphatic rings. The summed E-state index contributed by atoms with van der Waals surface area (Å²) >= 11 is 0. The van der Waals surface area contributed by atoms with Gasteiger partial charge in [-0.05, 0) is 61.6 Å². The number of fused-ring (bicyclic) bond motifs is 1. The number of hydrogen-bond donors (Lipinski definition) is 1. The van der Waals surface area contributed by atoms with Crippen LogP contribution in [0.5, 0.6) is 0 Å². The van der Waals surface area contributed by atoms with Gasteiger partial charge in [-0.25, -0.2) is 17.7 Å². The number of nitrogens with one attached hydrogen (secondary N) is 1.